The van der Waals surface area contributed by atoms with E-state index in [2.05, 4.69) is 4.99 Å². The monoisotopic (exact) mass is 303 g/mol. The van der Waals surface area contributed by atoms with Crippen molar-refractivity contribution >= 4 is 16.3 Å². The van der Waals surface area contributed by atoms with Crippen molar-refractivity contribution in [1.29, 1.82) is 0 Å². The Bertz CT molecular complexity index is 458. The fourth-order valence-electron chi connectivity index (χ4n) is 2.20. The van der Waals surface area contributed by atoms with E-state index in [1.807, 2.05) is 20.8 Å². The Labute approximate surface area is 122 Å². The lowest BCUT2D eigenvalue weighted by molar-refractivity contribution is 0.262. The summed E-state index contributed by atoms with van der Waals surface area (Å²) in [5.41, 5.74) is -0.289. The third-order valence-electron chi connectivity index (χ3n) is 3.67. The number of likely N-dealkylation sites (N-methyl/N-ethyl adjacent to an activating group) is 1. The summed E-state index contributed by atoms with van der Waals surface area (Å²) in [6, 6.07) is -0.399. The van der Waals surface area contributed by atoms with Gasteiger partial charge in [0.2, 0.25) is 6.08 Å². The highest BCUT2D eigenvalue weighted by molar-refractivity contribution is 7.86. The van der Waals surface area contributed by atoms with Crippen LogP contribution < -0.4 is 0 Å². The van der Waals surface area contributed by atoms with Gasteiger partial charge in [-0.1, -0.05) is 27.2 Å². The fourth-order valence-corrected chi connectivity index (χ4v) is 3.65. The highest BCUT2D eigenvalue weighted by Gasteiger charge is 2.33. The molecule has 0 spiro atoms. The summed E-state index contributed by atoms with van der Waals surface area (Å²) in [5, 5.41) is 0. The molecule has 0 unspecified atom stereocenters. The Morgan fingerprint density at radius 3 is 2.25 bits per heavy atom. The largest absolute Gasteiger partial charge is 0.281 e. The van der Waals surface area contributed by atoms with Gasteiger partial charge in [0.05, 0.1) is 6.04 Å². The molecule has 0 aromatic heterocycles. The summed E-state index contributed by atoms with van der Waals surface area (Å²) in [4.78, 5) is 14.3. The van der Waals surface area contributed by atoms with E-state index < -0.39 is 16.3 Å². The van der Waals surface area contributed by atoms with E-state index in [-0.39, 0.29) is 12.0 Å². The zero-order valence-corrected chi connectivity index (χ0v) is 13.6. The molecule has 6 nitrogen and oxygen atoms in total. The molecule has 0 radical (unpaired) electrons. The molecule has 1 heterocycles. The summed E-state index contributed by atoms with van der Waals surface area (Å²) in [7, 11) is -1.91. The van der Waals surface area contributed by atoms with Crippen LogP contribution in [0.3, 0.4) is 0 Å². The number of carbonyl (C=O) groups excluding carboxylic acids is 1. The Kier molecular flexibility index (Phi) is 5.89. The van der Waals surface area contributed by atoms with Crippen molar-refractivity contribution in [3.05, 3.63) is 0 Å². The Hall–Kier alpha value is -0.750. The number of piperidine rings is 1. The van der Waals surface area contributed by atoms with Gasteiger partial charge >= 0.3 is 0 Å². The molecule has 7 heteroatoms. The molecule has 1 aliphatic rings. The predicted octanol–water partition coefficient (Wildman–Crippen LogP) is 1.40. The molecule has 0 aromatic carbocycles. The summed E-state index contributed by atoms with van der Waals surface area (Å²) >= 11 is 0. The Balaban J connectivity index is 2.82. The van der Waals surface area contributed by atoms with Crippen LogP contribution in [0.2, 0.25) is 0 Å². The van der Waals surface area contributed by atoms with Gasteiger partial charge in [0.15, 0.2) is 0 Å². The number of nitrogens with zero attached hydrogens (tertiary/aromatic N) is 3. The molecule has 1 rings (SSSR count). The molecule has 1 aliphatic heterocycles. The second-order valence-corrected chi connectivity index (χ2v) is 8.39. The molecule has 20 heavy (non-hydrogen) atoms. The fraction of sp³-hybridized carbons (Fsp3) is 0.923. The minimum atomic E-state index is -3.46. The maximum atomic E-state index is 12.5. The SMILES string of the molecule is CN(C[C@@H](N=C=O)C(C)(C)C)S(=O)(=O)N1CCCCC1. The van der Waals surface area contributed by atoms with Crippen LogP contribution in [0.5, 0.6) is 0 Å². The van der Waals surface area contributed by atoms with Crippen LogP contribution in [0.4, 0.5) is 0 Å². The maximum Gasteiger partial charge on any atom is 0.281 e. The minimum absolute atomic E-state index is 0.192. The summed E-state index contributed by atoms with van der Waals surface area (Å²) in [6.07, 6.45) is 4.44. The van der Waals surface area contributed by atoms with Crippen molar-refractivity contribution in [2.45, 2.75) is 46.1 Å². The number of rotatable bonds is 5. The quantitative estimate of drug-likeness (QED) is 0.569. The molecule has 0 saturated carbocycles. The summed E-state index contributed by atoms with van der Waals surface area (Å²) in [5.74, 6) is 0. The van der Waals surface area contributed by atoms with Crippen LogP contribution in [-0.2, 0) is 15.0 Å². The summed E-state index contributed by atoms with van der Waals surface area (Å²) in [6.45, 7) is 7.13. The first-order valence-corrected chi connectivity index (χ1v) is 8.37. The normalized spacial score (nSPS) is 19.6. The molecule has 0 N–H and O–H groups in total. The van der Waals surface area contributed by atoms with Gasteiger partial charge in [0.25, 0.3) is 10.2 Å². The molecular formula is C13H25N3O3S. The van der Waals surface area contributed by atoms with Crippen molar-refractivity contribution in [3.63, 3.8) is 0 Å². The molecule has 0 aliphatic carbocycles. The lowest BCUT2D eigenvalue weighted by Gasteiger charge is -2.33. The van der Waals surface area contributed by atoms with Crippen molar-refractivity contribution in [3.8, 4) is 0 Å². The number of isocyanates is 1. The van der Waals surface area contributed by atoms with Gasteiger partial charge in [-0.15, -0.1) is 0 Å². The van der Waals surface area contributed by atoms with Gasteiger partial charge < -0.3 is 0 Å². The highest BCUT2D eigenvalue weighted by Crippen LogP contribution is 2.24. The first kappa shape index (κ1) is 17.3. The third-order valence-corrected chi connectivity index (χ3v) is 5.63. The van der Waals surface area contributed by atoms with Gasteiger partial charge in [-0.25, -0.2) is 9.79 Å². The summed E-state index contributed by atoms with van der Waals surface area (Å²) < 4.78 is 27.7. The van der Waals surface area contributed by atoms with E-state index in [4.69, 9.17) is 0 Å². The minimum Gasteiger partial charge on any atom is -0.211 e. The lowest BCUT2D eigenvalue weighted by Crippen LogP contribution is -2.48. The first-order chi connectivity index (χ1) is 9.19. The van der Waals surface area contributed by atoms with E-state index >= 15 is 0 Å². The first-order valence-electron chi connectivity index (χ1n) is 6.98. The average Bonchev–Trinajstić information content (AvgIpc) is 2.38. The predicted molar refractivity (Wildman–Crippen MR) is 78.3 cm³/mol. The van der Waals surface area contributed by atoms with E-state index in [9.17, 15) is 13.2 Å². The second-order valence-electron chi connectivity index (χ2n) is 6.35. The molecule has 116 valence electrons. The molecular weight excluding hydrogens is 278 g/mol. The van der Waals surface area contributed by atoms with Crippen molar-refractivity contribution in [2.75, 3.05) is 26.7 Å². The smallest absolute Gasteiger partial charge is 0.211 e. The lowest BCUT2D eigenvalue weighted by atomic mass is 9.87. The Morgan fingerprint density at radius 2 is 1.80 bits per heavy atom. The van der Waals surface area contributed by atoms with Gasteiger partial charge in [-0.05, 0) is 18.3 Å². The van der Waals surface area contributed by atoms with Crippen LogP contribution >= 0.6 is 0 Å². The zero-order chi connectivity index (χ0) is 15.4. The molecule has 1 saturated heterocycles. The molecule has 0 bridgehead atoms. The number of aliphatic imine (C=N–C) groups is 1. The van der Waals surface area contributed by atoms with Gasteiger partial charge in [0, 0.05) is 26.7 Å². The van der Waals surface area contributed by atoms with Gasteiger partial charge in [0.1, 0.15) is 0 Å². The molecule has 0 amide bonds. The van der Waals surface area contributed by atoms with Crippen molar-refractivity contribution in [2.24, 2.45) is 10.4 Å². The molecule has 1 atom stereocenters. The van der Waals surface area contributed by atoms with Crippen LogP contribution in [0, 0.1) is 5.41 Å². The van der Waals surface area contributed by atoms with Crippen LogP contribution in [0.1, 0.15) is 40.0 Å². The Morgan fingerprint density at radius 1 is 1.25 bits per heavy atom. The van der Waals surface area contributed by atoms with E-state index in [1.54, 1.807) is 13.1 Å². The highest BCUT2D eigenvalue weighted by atomic mass is 32.2. The molecule has 1 fully saturated rings. The topological polar surface area (TPSA) is 70.0 Å². The zero-order valence-electron chi connectivity index (χ0n) is 12.8. The van der Waals surface area contributed by atoms with Crippen molar-refractivity contribution < 1.29 is 13.2 Å². The van der Waals surface area contributed by atoms with E-state index in [0.717, 1.165) is 19.3 Å². The average molecular weight is 303 g/mol. The van der Waals surface area contributed by atoms with Crippen LogP contribution in [-0.4, -0.2) is 55.8 Å². The second kappa shape index (κ2) is 6.80. The standard InChI is InChI=1S/C13H25N3O3S/c1-13(2,3)12(14-11-17)10-15(4)20(18,19)16-8-6-5-7-9-16/h12H,5-10H2,1-4H3/t12-/m1/s1. The van der Waals surface area contributed by atoms with Gasteiger partial charge in [-0.2, -0.15) is 17.0 Å². The maximum absolute atomic E-state index is 12.5. The van der Waals surface area contributed by atoms with Crippen LogP contribution in [0.25, 0.3) is 0 Å². The number of hydrogen-bond acceptors (Lipinski definition) is 4. The van der Waals surface area contributed by atoms with Crippen LogP contribution in [0.15, 0.2) is 4.99 Å². The third kappa shape index (κ3) is 4.38. The number of hydrogen-bond donors (Lipinski definition) is 0. The van der Waals surface area contributed by atoms with Crippen molar-refractivity contribution in [1.82, 2.24) is 8.61 Å². The van der Waals surface area contributed by atoms with E-state index in [0.29, 0.717) is 13.1 Å². The van der Waals surface area contributed by atoms with E-state index in [1.165, 1.54) is 8.61 Å². The molecule has 0 aromatic rings. The van der Waals surface area contributed by atoms with Gasteiger partial charge in [-0.3, -0.25) is 0 Å².